The van der Waals surface area contributed by atoms with Gasteiger partial charge in [-0.2, -0.15) is 5.10 Å². The number of aliphatic imine (C=N–C) groups is 1. The smallest absolute Gasteiger partial charge is 0.191 e. The maximum Gasteiger partial charge on any atom is 0.191 e. The highest BCUT2D eigenvalue weighted by atomic mass is 32.2. The Morgan fingerprint density at radius 1 is 1.15 bits per heavy atom. The summed E-state index contributed by atoms with van der Waals surface area (Å²) in [5, 5.41) is 13.5. The standard InChI is InChI=1S/C20H24N6S/c1-14-7-8-17(18(9-14)27-3)12-23-20(21-2)22-11-15-5-4-6-16(10-15)19-24-13-25-26-19/h4-10,13H,11-12H2,1-3H3,(H2,21,22,23)(H,24,25,26). The molecule has 0 aliphatic heterocycles. The van der Waals surface area contributed by atoms with Crippen LogP contribution in [0.3, 0.4) is 0 Å². The molecule has 140 valence electrons. The third kappa shape index (κ3) is 5.10. The summed E-state index contributed by atoms with van der Waals surface area (Å²) < 4.78 is 0. The van der Waals surface area contributed by atoms with Crippen molar-refractivity contribution in [2.75, 3.05) is 13.3 Å². The van der Waals surface area contributed by atoms with Gasteiger partial charge in [0.1, 0.15) is 6.33 Å². The fraction of sp³-hybridized carbons (Fsp3) is 0.250. The van der Waals surface area contributed by atoms with Crippen LogP contribution in [0.2, 0.25) is 0 Å². The molecule has 0 unspecified atom stereocenters. The first-order chi connectivity index (χ1) is 13.2. The Morgan fingerprint density at radius 2 is 2.00 bits per heavy atom. The normalized spacial score (nSPS) is 11.4. The van der Waals surface area contributed by atoms with Crippen molar-refractivity contribution in [3.8, 4) is 11.4 Å². The van der Waals surface area contributed by atoms with Crippen molar-refractivity contribution < 1.29 is 0 Å². The molecule has 3 N–H and O–H groups in total. The molecule has 0 spiro atoms. The SMILES string of the molecule is CN=C(NCc1cccc(-c2ncn[nH]2)c1)NCc1ccc(C)cc1SC. The molecule has 0 atom stereocenters. The van der Waals surface area contributed by atoms with E-state index in [9.17, 15) is 0 Å². The van der Waals surface area contributed by atoms with Crippen molar-refractivity contribution in [2.45, 2.75) is 24.9 Å². The highest BCUT2D eigenvalue weighted by molar-refractivity contribution is 7.98. The average Bonchev–Trinajstić information content (AvgIpc) is 3.24. The number of aryl methyl sites for hydroxylation is 1. The number of rotatable bonds is 6. The lowest BCUT2D eigenvalue weighted by molar-refractivity contribution is 0.801. The third-order valence-electron chi connectivity index (χ3n) is 4.19. The number of hydrogen-bond acceptors (Lipinski definition) is 4. The second kappa shape index (κ2) is 9.23. The van der Waals surface area contributed by atoms with Crippen molar-refractivity contribution in [1.82, 2.24) is 25.8 Å². The van der Waals surface area contributed by atoms with Crippen LogP contribution in [0.15, 0.2) is 58.7 Å². The van der Waals surface area contributed by atoms with Crippen LogP contribution in [-0.2, 0) is 13.1 Å². The van der Waals surface area contributed by atoms with Gasteiger partial charge >= 0.3 is 0 Å². The highest BCUT2D eigenvalue weighted by Crippen LogP contribution is 2.21. The van der Waals surface area contributed by atoms with E-state index in [-0.39, 0.29) is 0 Å². The maximum atomic E-state index is 4.32. The van der Waals surface area contributed by atoms with Crippen LogP contribution in [0.1, 0.15) is 16.7 Å². The van der Waals surface area contributed by atoms with E-state index in [0.717, 1.165) is 29.5 Å². The minimum absolute atomic E-state index is 0.672. The summed E-state index contributed by atoms with van der Waals surface area (Å²) in [7, 11) is 1.78. The van der Waals surface area contributed by atoms with Gasteiger partial charge in [0, 0.05) is 30.6 Å². The van der Waals surface area contributed by atoms with E-state index in [1.165, 1.54) is 22.3 Å². The van der Waals surface area contributed by atoms with Gasteiger partial charge in [-0.25, -0.2) is 4.98 Å². The molecule has 0 radical (unpaired) electrons. The van der Waals surface area contributed by atoms with E-state index in [0.29, 0.717) is 6.54 Å². The molecule has 0 bridgehead atoms. The van der Waals surface area contributed by atoms with Gasteiger partial charge in [0.25, 0.3) is 0 Å². The Labute approximate surface area is 163 Å². The molecule has 0 saturated heterocycles. The molecule has 7 heteroatoms. The summed E-state index contributed by atoms with van der Waals surface area (Å²) in [6.07, 6.45) is 3.62. The van der Waals surface area contributed by atoms with Gasteiger partial charge in [0.2, 0.25) is 0 Å². The molecule has 3 aromatic rings. The van der Waals surface area contributed by atoms with Crippen LogP contribution >= 0.6 is 11.8 Å². The van der Waals surface area contributed by atoms with Crippen LogP contribution in [0.5, 0.6) is 0 Å². The minimum Gasteiger partial charge on any atom is -0.352 e. The summed E-state index contributed by atoms with van der Waals surface area (Å²) in [4.78, 5) is 9.81. The Hall–Kier alpha value is -2.80. The first-order valence-corrected chi connectivity index (χ1v) is 9.95. The number of aromatic nitrogens is 3. The fourth-order valence-electron chi connectivity index (χ4n) is 2.76. The lowest BCUT2D eigenvalue weighted by Crippen LogP contribution is -2.36. The van der Waals surface area contributed by atoms with Gasteiger partial charge in [-0.1, -0.05) is 30.3 Å². The largest absolute Gasteiger partial charge is 0.352 e. The highest BCUT2D eigenvalue weighted by Gasteiger charge is 2.05. The number of H-pyrrole nitrogens is 1. The molecule has 27 heavy (non-hydrogen) atoms. The van der Waals surface area contributed by atoms with E-state index >= 15 is 0 Å². The van der Waals surface area contributed by atoms with Crippen LogP contribution in [0, 0.1) is 6.92 Å². The summed E-state index contributed by atoms with van der Waals surface area (Å²) in [5.41, 5.74) is 4.70. The zero-order chi connectivity index (χ0) is 19.1. The Kier molecular flexibility index (Phi) is 6.49. The first kappa shape index (κ1) is 19.0. The van der Waals surface area contributed by atoms with Crippen molar-refractivity contribution in [3.63, 3.8) is 0 Å². The van der Waals surface area contributed by atoms with Gasteiger partial charge in [0.15, 0.2) is 11.8 Å². The van der Waals surface area contributed by atoms with Gasteiger partial charge in [0.05, 0.1) is 0 Å². The number of aromatic amines is 1. The van der Waals surface area contributed by atoms with E-state index in [4.69, 9.17) is 0 Å². The fourth-order valence-corrected chi connectivity index (χ4v) is 3.46. The molecule has 2 aromatic carbocycles. The van der Waals surface area contributed by atoms with Crippen molar-refractivity contribution in [3.05, 3.63) is 65.5 Å². The van der Waals surface area contributed by atoms with E-state index in [2.05, 4.69) is 74.3 Å². The van der Waals surface area contributed by atoms with Crippen molar-refractivity contribution in [2.24, 2.45) is 4.99 Å². The average molecular weight is 381 g/mol. The van der Waals surface area contributed by atoms with Gasteiger partial charge < -0.3 is 10.6 Å². The van der Waals surface area contributed by atoms with Crippen LogP contribution in [0.25, 0.3) is 11.4 Å². The molecule has 0 aliphatic rings. The van der Waals surface area contributed by atoms with Gasteiger partial charge in [-0.15, -0.1) is 11.8 Å². The predicted molar refractivity (Wildman–Crippen MR) is 112 cm³/mol. The van der Waals surface area contributed by atoms with Crippen molar-refractivity contribution in [1.29, 1.82) is 0 Å². The molecule has 0 saturated carbocycles. The second-order valence-corrected chi connectivity index (χ2v) is 6.98. The van der Waals surface area contributed by atoms with Gasteiger partial charge in [-0.05, 0) is 42.0 Å². The number of nitrogens with one attached hydrogen (secondary N) is 3. The summed E-state index contributed by atoms with van der Waals surface area (Å²) in [6.45, 7) is 3.52. The maximum absolute atomic E-state index is 4.32. The molecule has 1 heterocycles. The number of hydrogen-bond donors (Lipinski definition) is 3. The molecule has 0 aliphatic carbocycles. The molecule has 1 aromatic heterocycles. The molecule has 6 nitrogen and oxygen atoms in total. The number of guanidine groups is 1. The first-order valence-electron chi connectivity index (χ1n) is 8.72. The molecule has 3 rings (SSSR count). The van der Waals surface area contributed by atoms with Crippen LogP contribution in [0.4, 0.5) is 0 Å². The number of nitrogens with zero attached hydrogens (tertiary/aromatic N) is 3. The predicted octanol–water partition coefficient (Wildman–Crippen LogP) is 3.37. The second-order valence-electron chi connectivity index (χ2n) is 6.13. The Morgan fingerprint density at radius 3 is 2.74 bits per heavy atom. The topological polar surface area (TPSA) is 78.0 Å². The molecular formula is C20H24N6S. The zero-order valence-electron chi connectivity index (χ0n) is 15.8. The van der Waals surface area contributed by atoms with Crippen LogP contribution < -0.4 is 10.6 Å². The van der Waals surface area contributed by atoms with E-state index in [1.54, 1.807) is 18.8 Å². The molecule has 0 fully saturated rings. The minimum atomic E-state index is 0.672. The molecule has 0 amide bonds. The Bertz CT molecular complexity index is 905. The zero-order valence-corrected chi connectivity index (χ0v) is 16.6. The lowest BCUT2D eigenvalue weighted by Gasteiger charge is -2.14. The number of thioether (sulfide) groups is 1. The van der Waals surface area contributed by atoms with E-state index in [1.807, 2.05) is 12.1 Å². The summed E-state index contributed by atoms with van der Waals surface area (Å²) >= 11 is 1.77. The van der Waals surface area contributed by atoms with Crippen LogP contribution in [-0.4, -0.2) is 34.4 Å². The lowest BCUT2D eigenvalue weighted by atomic mass is 10.1. The van der Waals surface area contributed by atoms with Crippen molar-refractivity contribution >= 4 is 17.7 Å². The van der Waals surface area contributed by atoms with Gasteiger partial charge in [-0.3, -0.25) is 10.1 Å². The summed E-state index contributed by atoms with van der Waals surface area (Å²) in [6, 6.07) is 14.7. The Balaban J connectivity index is 1.59. The number of benzene rings is 2. The quantitative estimate of drug-likeness (QED) is 0.347. The third-order valence-corrected chi connectivity index (χ3v) is 5.01. The molecular weight excluding hydrogens is 356 g/mol. The summed E-state index contributed by atoms with van der Waals surface area (Å²) in [5.74, 6) is 1.54. The monoisotopic (exact) mass is 380 g/mol. The van der Waals surface area contributed by atoms with E-state index < -0.39 is 0 Å².